The summed E-state index contributed by atoms with van der Waals surface area (Å²) in [7, 11) is 2.67. The molecule has 0 bridgehead atoms. The number of nitro benzene ring substituents is 1. The molecule has 0 atom stereocenters. The molecule has 1 saturated heterocycles. The monoisotopic (exact) mass is 277 g/mol. The van der Waals surface area contributed by atoms with Crippen molar-refractivity contribution in [1.82, 2.24) is 10.2 Å². The first-order valence-electron chi connectivity index (χ1n) is 5.57. The maximum Gasteiger partial charge on any atom is 0.328 e. The third-order valence-corrected chi connectivity index (χ3v) is 2.79. The summed E-state index contributed by atoms with van der Waals surface area (Å²) in [5.74, 6) is -0.371. The lowest BCUT2D eigenvalue weighted by Gasteiger charge is -2.03. The minimum atomic E-state index is -0.581. The predicted octanol–water partition coefficient (Wildman–Crippen LogP) is 1.13. The number of hydrogen-bond donors (Lipinski definition) is 1. The molecular weight excluding hydrogens is 266 g/mol. The summed E-state index contributed by atoms with van der Waals surface area (Å²) in [6.07, 6.45) is 1.37. The van der Waals surface area contributed by atoms with Gasteiger partial charge >= 0.3 is 11.7 Å². The normalized spacial score (nSPS) is 16.5. The number of amides is 3. The van der Waals surface area contributed by atoms with E-state index in [2.05, 4.69) is 5.32 Å². The van der Waals surface area contributed by atoms with Gasteiger partial charge in [0.05, 0.1) is 12.0 Å². The Hall–Kier alpha value is -2.90. The Morgan fingerprint density at radius 1 is 1.40 bits per heavy atom. The SMILES string of the molecule is COc1ccc(/C=C2/NC(=O)N(C)C2=O)cc1[N+](=O)[O-]. The van der Waals surface area contributed by atoms with Crippen LogP contribution < -0.4 is 10.1 Å². The van der Waals surface area contributed by atoms with Gasteiger partial charge in [-0.1, -0.05) is 6.07 Å². The van der Waals surface area contributed by atoms with Gasteiger partial charge in [0.25, 0.3) is 5.91 Å². The molecule has 1 fully saturated rings. The van der Waals surface area contributed by atoms with Crippen LogP contribution in [-0.2, 0) is 4.79 Å². The zero-order valence-corrected chi connectivity index (χ0v) is 10.7. The van der Waals surface area contributed by atoms with Crippen molar-refractivity contribution in [2.24, 2.45) is 0 Å². The minimum absolute atomic E-state index is 0.0666. The maximum atomic E-state index is 11.7. The minimum Gasteiger partial charge on any atom is -0.490 e. The topological polar surface area (TPSA) is 102 Å². The van der Waals surface area contributed by atoms with Gasteiger partial charge in [0, 0.05) is 13.1 Å². The molecule has 0 unspecified atom stereocenters. The molecule has 0 spiro atoms. The molecule has 104 valence electrons. The molecule has 1 aromatic carbocycles. The van der Waals surface area contributed by atoms with Crippen LogP contribution in [-0.4, -0.2) is 35.9 Å². The summed E-state index contributed by atoms with van der Waals surface area (Å²) < 4.78 is 4.88. The van der Waals surface area contributed by atoms with Gasteiger partial charge in [-0.25, -0.2) is 4.79 Å². The molecule has 8 nitrogen and oxygen atoms in total. The second-order valence-corrected chi connectivity index (χ2v) is 4.04. The van der Waals surface area contributed by atoms with E-state index in [4.69, 9.17) is 4.74 Å². The molecule has 2 rings (SSSR count). The van der Waals surface area contributed by atoms with Crippen molar-refractivity contribution >= 4 is 23.7 Å². The van der Waals surface area contributed by atoms with Crippen molar-refractivity contribution in [3.63, 3.8) is 0 Å². The van der Waals surface area contributed by atoms with E-state index >= 15 is 0 Å². The summed E-state index contributed by atoms with van der Waals surface area (Å²) >= 11 is 0. The molecule has 8 heteroatoms. The number of nitrogens with zero attached hydrogens (tertiary/aromatic N) is 2. The van der Waals surface area contributed by atoms with Gasteiger partial charge in [0.15, 0.2) is 5.75 Å². The number of rotatable bonds is 3. The van der Waals surface area contributed by atoms with E-state index in [-0.39, 0.29) is 17.1 Å². The second-order valence-electron chi connectivity index (χ2n) is 4.04. The third kappa shape index (κ3) is 2.30. The van der Waals surface area contributed by atoms with Crippen molar-refractivity contribution in [3.8, 4) is 5.75 Å². The van der Waals surface area contributed by atoms with Gasteiger partial charge in [-0.3, -0.25) is 19.8 Å². The molecule has 0 radical (unpaired) electrons. The zero-order chi connectivity index (χ0) is 14.9. The highest BCUT2D eigenvalue weighted by atomic mass is 16.6. The first-order valence-corrected chi connectivity index (χ1v) is 5.57. The van der Waals surface area contributed by atoms with Gasteiger partial charge in [-0.05, 0) is 17.7 Å². The van der Waals surface area contributed by atoms with Crippen molar-refractivity contribution < 1.29 is 19.2 Å². The summed E-state index contributed by atoms with van der Waals surface area (Å²) in [5.41, 5.74) is 0.264. The number of methoxy groups -OCH3 is 1. The molecular formula is C12H11N3O5. The number of carbonyl (C=O) groups is 2. The average molecular weight is 277 g/mol. The number of hydrogen-bond acceptors (Lipinski definition) is 5. The van der Waals surface area contributed by atoms with E-state index in [0.717, 1.165) is 4.90 Å². The lowest BCUT2D eigenvalue weighted by Crippen LogP contribution is -2.25. The summed E-state index contributed by atoms with van der Waals surface area (Å²) in [6.45, 7) is 0. The molecule has 1 N–H and O–H groups in total. The van der Waals surface area contributed by atoms with Crippen molar-refractivity contribution in [2.75, 3.05) is 14.2 Å². The van der Waals surface area contributed by atoms with E-state index < -0.39 is 16.9 Å². The molecule has 1 aliphatic rings. The molecule has 1 heterocycles. The Bertz CT molecular complexity index is 638. The average Bonchev–Trinajstić information content (AvgIpc) is 2.66. The smallest absolute Gasteiger partial charge is 0.328 e. The molecule has 3 amide bonds. The van der Waals surface area contributed by atoms with Crippen LogP contribution in [0.25, 0.3) is 6.08 Å². The molecule has 20 heavy (non-hydrogen) atoms. The van der Waals surface area contributed by atoms with Crippen LogP contribution in [0.1, 0.15) is 5.56 Å². The largest absolute Gasteiger partial charge is 0.490 e. The van der Waals surface area contributed by atoms with Crippen molar-refractivity contribution in [2.45, 2.75) is 0 Å². The number of imide groups is 1. The Kier molecular flexibility index (Phi) is 3.38. The first kappa shape index (κ1) is 13.5. The van der Waals surface area contributed by atoms with Gasteiger partial charge in [0.1, 0.15) is 5.70 Å². The van der Waals surface area contributed by atoms with Crippen LogP contribution in [0.2, 0.25) is 0 Å². The van der Waals surface area contributed by atoms with Crippen LogP contribution in [0.4, 0.5) is 10.5 Å². The number of nitrogens with one attached hydrogen (secondary N) is 1. The zero-order valence-electron chi connectivity index (χ0n) is 10.7. The van der Waals surface area contributed by atoms with Crippen molar-refractivity contribution in [3.05, 3.63) is 39.6 Å². The first-order chi connectivity index (χ1) is 9.43. The lowest BCUT2D eigenvalue weighted by molar-refractivity contribution is -0.385. The number of carbonyl (C=O) groups excluding carboxylic acids is 2. The fourth-order valence-corrected chi connectivity index (χ4v) is 1.73. The lowest BCUT2D eigenvalue weighted by atomic mass is 10.1. The number of ether oxygens (including phenoxy) is 1. The van der Waals surface area contributed by atoms with Crippen LogP contribution in [0.5, 0.6) is 5.75 Å². The highest BCUT2D eigenvalue weighted by molar-refractivity contribution is 6.13. The number of urea groups is 1. The van der Waals surface area contributed by atoms with Gasteiger partial charge in [-0.2, -0.15) is 0 Å². The van der Waals surface area contributed by atoms with E-state index in [0.29, 0.717) is 5.56 Å². The Balaban J connectivity index is 2.40. The standard InChI is InChI=1S/C12H11N3O5/c1-14-11(16)8(13-12(14)17)5-7-3-4-10(20-2)9(6-7)15(18)19/h3-6H,1-2H3,(H,13,17)/b8-5+. The predicted molar refractivity (Wildman–Crippen MR) is 68.9 cm³/mol. The number of nitro groups is 1. The van der Waals surface area contributed by atoms with E-state index in [9.17, 15) is 19.7 Å². The third-order valence-electron chi connectivity index (χ3n) is 2.79. The van der Waals surface area contributed by atoms with Crippen molar-refractivity contribution in [1.29, 1.82) is 0 Å². The van der Waals surface area contributed by atoms with E-state index in [1.165, 1.54) is 32.4 Å². The fourth-order valence-electron chi connectivity index (χ4n) is 1.73. The molecule has 0 aromatic heterocycles. The van der Waals surface area contributed by atoms with E-state index in [1.807, 2.05) is 0 Å². The van der Waals surface area contributed by atoms with Crippen LogP contribution in [0, 0.1) is 10.1 Å². The molecule has 1 aliphatic heterocycles. The van der Waals surface area contributed by atoms with E-state index in [1.54, 1.807) is 6.07 Å². The molecule has 1 aromatic rings. The van der Waals surface area contributed by atoms with Crippen LogP contribution >= 0.6 is 0 Å². The summed E-state index contributed by atoms with van der Waals surface area (Å²) in [5, 5.41) is 13.3. The highest BCUT2D eigenvalue weighted by Crippen LogP contribution is 2.28. The van der Waals surface area contributed by atoms with Crippen LogP contribution in [0.3, 0.4) is 0 Å². The Morgan fingerprint density at radius 2 is 2.10 bits per heavy atom. The van der Waals surface area contributed by atoms with Gasteiger partial charge in [-0.15, -0.1) is 0 Å². The molecule has 0 saturated carbocycles. The highest BCUT2D eigenvalue weighted by Gasteiger charge is 2.30. The Morgan fingerprint density at radius 3 is 2.60 bits per heavy atom. The van der Waals surface area contributed by atoms with Gasteiger partial charge < -0.3 is 10.1 Å². The molecule has 0 aliphatic carbocycles. The number of likely N-dealkylation sites (N-methyl/N-ethyl adjacent to an activating group) is 1. The maximum absolute atomic E-state index is 11.7. The van der Waals surface area contributed by atoms with Crippen LogP contribution in [0.15, 0.2) is 23.9 Å². The van der Waals surface area contributed by atoms with Gasteiger partial charge in [0.2, 0.25) is 0 Å². The quantitative estimate of drug-likeness (QED) is 0.386. The summed E-state index contributed by atoms with van der Waals surface area (Å²) in [6, 6.07) is 3.71. The fraction of sp³-hybridized carbons (Fsp3) is 0.167. The second kappa shape index (κ2) is 5.00. The summed E-state index contributed by atoms with van der Waals surface area (Å²) in [4.78, 5) is 34.2. The Labute approximate surface area is 113 Å². The number of benzene rings is 1.